The van der Waals surface area contributed by atoms with Crippen LogP contribution in [0.5, 0.6) is 11.5 Å². The molecule has 162 valence electrons. The van der Waals surface area contributed by atoms with Gasteiger partial charge in [0.05, 0.1) is 0 Å². The average molecular weight is 442 g/mol. The summed E-state index contributed by atoms with van der Waals surface area (Å²) >= 11 is 1.46. The van der Waals surface area contributed by atoms with Gasteiger partial charge < -0.3 is 24.2 Å². The van der Waals surface area contributed by atoms with Gasteiger partial charge >= 0.3 is 5.97 Å². The van der Waals surface area contributed by atoms with Crippen molar-refractivity contribution in [3.63, 3.8) is 0 Å². The minimum Gasteiger partial charge on any atom is -0.486 e. The molecule has 2 aromatic carbocycles. The number of benzene rings is 2. The number of carbonyl (C=O) groups excluding carboxylic acids is 1. The van der Waals surface area contributed by atoms with Crippen LogP contribution in [0, 0.1) is 0 Å². The van der Waals surface area contributed by atoms with Crippen LogP contribution in [0.1, 0.15) is 18.1 Å². The van der Waals surface area contributed by atoms with Gasteiger partial charge in [-0.2, -0.15) is 9.78 Å². The molecule has 3 aliphatic heterocycles. The average Bonchev–Trinajstić information content (AvgIpc) is 3.55. The molecule has 3 heterocycles. The van der Waals surface area contributed by atoms with Crippen LogP contribution < -0.4 is 14.8 Å². The molecule has 9 heteroatoms. The second-order valence-corrected chi connectivity index (χ2v) is 8.43. The summed E-state index contributed by atoms with van der Waals surface area (Å²) in [5, 5.41) is 13.3. The molecule has 2 N–H and O–H groups in total. The second-order valence-electron chi connectivity index (χ2n) is 7.36. The van der Waals surface area contributed by atoms with Gasteiger partial charge in [0, 0.05) is 17.9 Å². The lowest BCUT2D eigenvalue weighted by Crippen LogP contribution is -2.48. The zero-order valence-electron chi connectivity index (χ0n) is 16.9. The molecule has 1 saturated heterocycles. The fraction of sp³-hybridized carbons (Fsp3) is 0.318. The van der Waals surface area contributed by atoms with Crippen LogP contribution in [0.2, 0.25) is 0 Å². The van der Waals surface area contributed by atoms with Crippen LogP contribution >= 0.6 is 11.9 Å². The van der Waals surface area contributed by atoms with E-state index in [0.717, 1.165) is 16.0 Å². The van der Waals surface area contributed by atoms with Crippen molar-refractivity contribution in [2.45, 2.75) is 30.3 Å². The Labute approximate surface area is 183 Å². The highest BCUT2D eigenvalue weighted by Crippen LogP contribution is 2.43. The smallest absolute Gasteiger partial charge is 0.358 e. The molecule has 1 atom stereocenters. The minimum atomic E-state index is -1.83. The van der Waals surface area contributed by atoms with Crippen molar-refractivity contribution in [1.29, 1.82) is 0 Å². The molecule has 1 amide bonds. The van der Waals surface area contributed by atoms with Crippen LogP contribution in [-0.4, -0.2) is 47.1 Å². The summed E-state index contributed by atoms with van der Waals surface area (Å²) in [6.07, 6.45) is 2.17. The van der Waals surface area contributed by atoms with Crippen molar-refractivity contribution in [3.8, 4) is 11.5 Å². The lowest BCUT2D eigenvalue weighted by molar-refractivity contribution is -0.121. The van der Waals surface area contributed by atoms with Crippen LogP contribution in [0.3, 0.4) is 0 Å². The monoisotopic (exact) mass is 442 g/mol. The molecular weight excluding hydrogens is 420 g/mol. The largest absolute Gasteiger partial charge is 0.486 e. The Morgan fingerprint density at radius 2 is 1.90 bits per heavy atom. The van der Waals surface area contributed by atoms with Gasteiger partial charge in [-0.3, -0.25) is 4.79 Å². The van der Waals surface area contributed by atoms with Gasteiger partial charge in [0.15, 0.2) is 11.5 Å². The summed E-state index contributed by atoms with van der Waals surface area (Å²) in [5.74, 6) is -0.776. The molecule has 1 fully saturated rings. The third kappa shape index (κ3) is 4.09. The molecular formula is C22H22N2O6S. The van der Waals surface area contributed by atoms with Gasteiger partial charge in [0.1, 0.15) is 25.0 Å². The first-order valence-corrected chi connectivity index (χ1v) is 10.9. The highest BCUT2D eigenvalue weighted by Gasteiger charge is 2.55. The molecule has 2 aromatic rings. The van der Waals surface area contributed by atoms with Gasteiger partial charge in [-0.15, -0.1) is 0 Å². The van der Waals surface area contributed by atoms with E-state index < -0.39 is 12.0 Å². The normalized spacial score (nSPS) is 19.2. The van der Waals surface area contributed by atoms with Crippen molar-refractivity contribution in [2.24, 2.45) is 0 Å². The van der Waals surface area contributed by atoms with E-state index in [1.807, 2.05) is 59.8 Å². The molecule has 0 unspecified atom stereocenters. The molecule has 0 aliphatic carbocycles. The Bertz CT molecular complexity index is 1020. The summed E-state index contributed by atoms with van der Waals surface area (Å²) in [4.78, 5) is 23.7. The maximum absolute atomic E-state index is 13.2. The van der Waals surface area contributed by atoms with E-state index in [1.165, 1.54) is 11.9 Å². The zero-order valence-corrected chi connectivity index (χ0v) is 17.7. The number of hydrogen-bond donors (Lipinski definition) is 2. The number of rotatable bonds is 6. The molecule has 0 aromatic heterocycles. The Hall–Kier alpha value is -2.72. The minimum absolute atomic E-state index is 0.330. The Morgan fingerprint density at radius 1 is 1.19 bits per heavy atom. The fourth-order valence-electron chi connectivity index (χ4n) is 3.59. The number of fused-ring (bicyclic) bond motifs is 2. The summed E-state index contributed by atoms with van der Waals surface area (Å²) < 4.78 is 13.2. The van der Waals surface area contributed by atoms with Crippen LogP contribution in [0.4, 0.5) is 0 Å². The summed E-state index contributed by atoms with van der Waals surface area (Å²) in [7, 11) is 0. The highest BCUT2D eigenvalue weighted by molar-refractivity contribution is 7.97. The van der Waals surface area contributed by atoms with Gasteiger partial charge in [-0.1, -0.05) is 30.3 Å². The highest BCUT2D eigenvalue weighted by atomic mass is 32.2. The summed E-state index contributed by atoms with van der Waals surface area (Å²) in [6, 6.07) is 12.6. The van der Waals surface area contributed by atoms with E-state index in [4.69, 9.17) is 19.2 Å². The topological polar surface area (TPSA) is 96.1 Å². The van der Waals surface area contributed by atoms with E-state index in [1.54, 1.807) is 0 Å². The molecule has 0 bridgehead atoms. The Kier molecular flexibility index (Phi) is 5.27. The predicted octanol–water partition coefficient (Wildman–Crippen LogP) is 2.48. The number of hydrogen-bond acceptors (Lipinski definition) is 8. The quantitative estimate of drug-likeness (QED) is 0.400. The molecule has 3 aliphatic rings. The van der Waals surface area contributed by atoms with Crippen molar-refractivity contribution < 1.29 is 29.1 Å². The third-order valence-electron chi connectivity index (χ3n) is 5.25. The Balaban J connectivity index is 1.41. The maximum atomic E-state index is 13.2. The van der Waals surface area contributed by atoms with Crippen molar-refractivity contribution in [1.82, 2.24) is 9.62 Å². The van der Waals surface area contributed by atoms with E-state index in [2.05, 4.69) is 5.32 Å². The first-order valence-electron chi connectivity index (χ1n) is 10.1. The van der Waals surface area contributed by atoms with Gasteiger partial charge in [0.25, 0.3) is 5.91 Å². The molecule has 8 nitrogen and oxygen atoms in total. The standard InChI is InChI=1S/C22H22N2O6S/c1-2-24-16(11-15-12-17-18(13-19(15)31-24)28-9-8-27-17)21(25)23-20(22(26)29-30-22)10-14-6-4-3-5-7-14/h3-7,11-13,20,26H,2,8-10H2,1H3,(H,23,25)/t20-/m0/s1. The second kappa shape index (κ2) is 8.08. The number of nitrogens with one attached hydrogen (secondary N) is 1. The number of carbonyl (C=O) groups is 1. The third-order valence-corrected chi connectivity index (χ3v) is 6.47. The summed E-state index contributed by atoms with van der Waals surface area (Å²) in [6.45, 7) is 3.60. The van der Waals surface area contributed by atoms with Gasteiger partial charge in [0.2, 0.25) is 0 Å². The van der Waals surface area contributed by atoms with E-state index in [-0.39, 0.29) is 5.91 Å². The van der Waals surface area contributed by atoms with Crippen molar-refractivity contribution in [2.75, 3.05) is 19.8 Å². The first kappa shape index (κ1) is 20.2. The molecule has 0 radical (unpaired) electrons. The van der Waals surface area contributed by atoms with Crippen LogP contribution in [-0.2, 0) is 21.0 Å². The lowest BCUT2D eigenvalue weighted by Gasteiger charge is -2.30. The maximum Gasteiger partial charge on any atom is 0.358 e. The molecule has 5 rings (SSSR count). The molecule has 0 spiro atoms. The van der Waals surface area contributed by atoms with Crippen molar-refractivity contribution in [3.05, 3.63) is 59.3 Å². The van der Waals surface area contributed by atoms with Gasteiger partial charge in [-0.25, -0.2) is 0 Å². The number of likely N-dealkylation sites (N-methyl/N-ethyl adjacent to an activating group) is 1. The van der Waals surface area contributed by atoms with Crippen LogP contribution in [0.15, 0.2) is 53.1 Å². The number of amides is 1. The number of nitrogens with zero attached hydrogens (tertiary/aromatic N) is 1. The van der Waals surface area contributed by atoms with E-state index in [0.29, 0.717) is 43.4 Å². The molecule has 0 saturated carbocycles. The Morgan fingerprint density at radius 3 is 2.58 bits per heavy atom. The first-order chi connectivity index (χ1) is 15.1. The fourth-order valence-corrected chi connectivity index (χ4v) is 4.57. The van der Waals surface area contributed by atoms with Crippen molar-refractivity contribution >= 4 is 23.9 Å². The van der Waals surface area contributed by atoms with Gasteiger partial charge in [-0.05, 0) is 48.2 Å². The van der Waals surface area contributed by atoms with Crippen LogP contribution in [0.25, 0.3) is 6.08 Å². The zero-order chi connectivity index (χ0) is 21.4. The van der Waals surface area contributed by atoms with E-state index in [9.17, 15) is 9.90 Å². The number of ether oxygens (including phenoxy) is 2. The number of aliphatic hydroxyl groups is 1. The van der Waals surface area contributed by atoms with E-state index >= 15 is 0 Å². The molecule has 31 heavy (non-hydrogen) atoms. The predicted molar refractivity (Wildman–Crippen MR) is 113 cm³/mol. The SMILES string of the molecule is CCN1Sc2cc3c(cc2C=C1C(=O)N[C@@H](Cc1ccccc1)C1(O)OO1)OCCO3. The lowest BCUT2D eigenvalue weighted by atomic mass is 10.0. The summed E-state index contributed by atoms with van der Waals surface area (Å²) in [5.41, 5.74) is 2.29.